The van der Waals surface area contributed by atoms with E-state index < -0.39 is 23.9 Å². The second-order valence-electron chi connectivity index (χ2n) is 7.04. The lowest BCUT2D eigenvalue weighted by molar-refractivity contribution is -0.141. The van der Waals surface area contributed by atoms with Crippen molar-refractivity contribution in [3.63, 3.8) is 0 Å². The maximum atomic E-state index is 13.9. The fraction of sp³-hybridized carbons (Fsp3) is 0.364. The van der Waals surface area contributed by atoms with E-state index in [1.165, 1.54) is 20.3 Å². The minimum atomic E-state index is -0.559. The third-order valence-corrected chi connectivity index (χ3v) is 5.27. The molecule has 160 valence electrons. The van der Waals surface area contributed by atoms with Gasteiger partial charge in [0.2, 0.25) is 0 Å². The topological polar surface area (TPSA) is 77.1 Å². The number of benzene rings is 2. The zero-order valence-corrected chi connectivity index (χ0v) is 17.5. The Hall–Kier alpha value is -3.29. The highest BCUT2D eigenvalue weighted by Crippen LogP contribution is 2.39. The summed E-state index contributed by atoms with van der Waals surface area (Å²) in [5.41, 5.74) is 2.59. The van der Waals surface area contributed by atoms with Crippen LogP contribution in [0.5, 0.6) is 11.5 Å². The van der Waals surface area contributed by atoms with Gasteiger partial charge < -0.3 is 24.4 Å². The normalized spacial score (nSPS) is 15.2. The minimum Gasteiger partial charge on any atom is -0.493 e. The van der Waals surface area contributed by atoms with Crippen molar-refractivity contribution in [3.05, 3.63) is 52.8 Å². The second kappa shape index (κ2) is 9.02. The number of ether oxygens (including phenoxy) is 3. The van der Waals surface area contributed by atoms with Crippen molar-refractivity contribution < 1.29 is 28.2 Å². The highest BCUT2D eigenvalue weighted by molar-refractivity contribution is 5.90. The summed E-state index contributed by atoms with van der Waals surface area (Å²) in [6, 6.07) is 7.17. The van der Waals surface area contributed by atoms with Crippen LogP contribution in [0.3, 0.4) is 0 Å². The average molecular weight is 416 g/mol. The number of esters is 1. The summed E-state index contributed by atoms with van der Waals surface area (Å²) in [5, 5.41) is 2.72. The zero-order chi connectivity index (χ0) is 21.8. The van der Waals surface area contributed by atoms with E-state index in [1.807, 2.05) is 6.07 Å². The third kappa shape index (κ3) is 4.32. The Bertz CT molecular complexity index is 963. The van der Waals surface area contributed by atoms with Crippen molar-refractivity contribution in [1.29, 1.82) is 0 Å². The zero-order valence-electron chi connectivity index (χ0n) is 17.5. The van der Waals surface area contributed by atoms with Crippen molar-refractivity contribution in [2.24, 2.45) is 0 Å². The number of nitrogens with one attached hydrogen (secondary N) is 1. The predicted octanol–water partition coefficient (Wildman–Crippen LogP) is 3.85. The molecule has 1 heterocycles. The summed E-state index contributed by atoms with van der Waals surface area (Å²) >= 11 is 0. The van der Waals surface area contributed by atoms with Crippen molar-refractivity contribution in [2.45, 2.75) is 25.8 Å². The summed E-state index contributed by atoms with van der Waals surface area (Å²) in [6.07, 6.45) is 0.553. The first-order valence-corrected chi connectivity index (χ1v) is 9.53. The fourth-order valence-corrected chi connectivity index (χ4v) is 3.60. The molecule has 1 aliphatic rings. The van der Waals surface area contributed by atoms with E-state index in [0.717, 1.165) is 11.1 Å². The molecule has 2 amide bonds. The Morgan fingerprint density at radius 1 is 1.13 bits per heavy atom. The summed E-state index contributed by atoms with van der Waals surface area (Å²) in [5.74, 6) is 0.247. The van der Waals surface area contributed by atoms with Crippen LogP contribution in [-0.4, -0.2) is 44.8 Å². The van der Waals surface area contributed by atoms with Crippen LogP contribution in [0.2, 0.25) is 0 Å². The molecule has 2 aromatic carbocycles. The number of hydrogen-bond donors (Lipinski definition) is 1. The van der Waals surface area contributed by atoms with E-state index >= 15 is 0 Å². The number of nitrogens with zero attached hydrogens (tertiary/aromatic N) is 1. The highest BCUT2D eigenvalue weighted by Gasteiger charge is 2.34. The van der Waals surface area contributed by atoms with Gasteiger partial charge in [0.15, 0.2) is 11.5 Å². The van der Waals surface area contributed by atoms with Gasteiger partial charge >= 0.3 is 12.0 Å². The number of anilines is 1. The quantitative estimate of drug-likeness (QED) is 0.750. The monoisotopic (exact) mass is 416 g/mol. The first kappa shape index (κ1) is 21.4. The Kier molecular flexibility index (Phi) is 6.44. The molecule has 0 bridgehead atoms. The van der Waals surface area contributed by atoms with Gasteiger partial charge in [-0.15, -0.1) is 0 Å². The Balaban J connectivity index is 1.94. The van der Waals surface area contributed by atoms with Gasteiger partial charge in [-0.3, -0.25) is 4.79 Å². The molecule has 8 heteroatoms. The summed E-state index contributed by atoms with van der Waals surface area (Å²) in [4.78, 5) is 26.7. The molecule has 3 rings (SSSR count). The van der Waals surface area contributed by atoms with Gasteiger partial charge in [-0.2, -0.15) is 0 Å². The maximum Gasteiger partial charge on any atom is 0.322 e. The van der Waals surface area contributed by atoms with Crippen LogP contribution < -0.4 is 14.8 Å². The molecule has 0 unspecified atom stereocenters. The molecule has 1 N–H and O–H groups in total. The molecule has 0 radical (unpaired) electrons. The number of hydrogen-bond acceptors (Lipinski definition) is 5. The number of urea groups is 1. The highest BCUT2D eigenvalue weighted by atomic mass is 19.1. The van der Waals surface area contributed by atoms with Gasteiger partial charge in [0, 0.05) is 12.2 Å². The van der Waals surface area contributed by atoms with E-state index in [2.05, 4.69) is 5.32 Å². The standard InChI is InChI=1S/C22H25FN2O5/c1-13-5-6-15(10-17(13)23)24-22(27)25-8-7-14-9-19(28-2)20(29-3)11-16(14)18(25)12-21(26)30-4/h5-6,9-11,18H,7-8,12H2,1-4H3,(H,24,27)/t18-/m1/s1. The van der Waals surface area contributed by atoms with Crippen LogP contribution in [0.25, 0.3) is 0 Å². The van der Waals surface area contributed by atoms with Gasteiger partial charge in [0.05, 0.1) is 33.8 Å². The largest absolute Gasteiger partial charge is 0.493 e. The Morgan fingerprint density at radius 3 is 2.47 bits per heavy atom. The molecule has 1 aliphatic heterocycles. The van der Waals surface area contributed by atoms with Gasteiger partial charge in [0.1, 0.15) is 5.82 Å². The summed E-state index contributed by atoms with van der Waals surface area (Å²) in [7, 11) is 4.39. The molecule has 2 aromatic rings. The van der Waals surface area contributed by atoms with Crippen molar-refractivity contribution >= 4 is 17.7 Å². The summed E-state index contributed by atoms with van der Waals surface area (Å²) < 4.78 is 29.5. The van der Waals surface area contributed by atoms with Crippen LogP contribution in [0.15, 0.2) is 30.3 Å². The Morgan fingerprint density at radius 2 is 1.83 bits per heavy atom. The Labute approximate surface area is 174 Å². The van der Waals surface area contributed by atoms with Crippen LogP contribution >= 0.6 is 0 Å². The van der Waals surface area contributed by atoms with E-state index in [1.54, 1.807) is 37.1 Å². The van der Waals surface area contributed by atoms with Crippen molar-refractivity contribution in [3.8, 4) is 11.5 Å². The lowest BCUT2D eigenvalue weighted by atomic mass is 9.90. The molecule has 0 saturated heterocycles. The summed E-state index contributed by atoms with van der Waals surface area (Å²) in [6.45, 7) is 2.03. The molecule has 0 saturated carbocycles. The molecule has 30 heavy (non-hydrogen) atoms. The fourth-order valence-electron chi connectivity index (χ4n) is 3.60. The van der Waals surface area contributed by atoms with Gasteiger partial charge in [0.25, 0.3) is 0 Å². The van der Waals surface area contributed by atoms with E-state index in [9.17, 15) is 14.0 Å². The lowest BCUT2D eigenvalue weighted by Gasteiger charge is -2.37. The molecule has 0 spiro atoms. The lowest BCUT2D eigenvalue weighted by Crippen LogP contribution is -2.43. The van der Waals surface area contributed by atoms with Crippen LogP contribution in [0.1, 0.15) is 29.2 Å². The SMILES string of the molecule is COC(=O)C[C@@H]1c2cc(OC)c(OC)cc2CCN1C(=O)Nc1ccc(C)c(F)c1. The number of carbonyl (C=O) groups excluding carboxylic acids is 2. The number of carbonyl (C=O) groups is 2. The molecule has 0 aromatic heterocycles. The number of rotatable bonds is 5. The van der Waals surface area contributed by atoms with Gasteiger partial charge in [-0.05, 0) is 54.3 Å². The first-order valence-electron chi connectivity index (χ1n) is 9.53. The van der Waals surface area contributed by atoms with Crippen molar-refractivity contribution in [1.82, 2.24) is 4.90 Å². The van der Waals surface area contributed by atoms with Crippen LogP contribution in [0, 0.1) is 12.7 Å². The van der Waals surface area contributed by atoms with Gasteiger partial charge in [-0.25, -0.2) is 9.18 Å². The molecule has 0 aliphatic carbocycles. The maximum absolute atomic E-state index is 13.9. The number of amides is 2. The van der Waals surface area contributed by atoms with Crippen LogP contribution in [0.4, 0.5) is 14.9 Å². The van der Waals surface area contributed by atoms with E-state index in [0.29, 0.717) is 35.7 Å². The van der Waals surface area contributed by atoms with Crippen LogP contribution in [-0.2, 0) is 16.0 Å². The second-order valence-corrected chi connectivity index (χ2v) is 7.04. The molecule has 7 nitrogen and oxygen atoms in total. The predicted molar refractivity (Wildman–Crippen MR) is 109 cm³/mol. The third-order valence-electron chi connectivity index (χ3n) is 5.27. The smallest absolute Gasteiger partial charge is 0.322 e. The van der Waals surface area contributed by atoms with E-state index in [4.69, 9.17) is 14.2 Å². The number of aryl methyl sites for hydroxylation is 1. The molecular formula is C22H25FN2O5. The molecule has 1 atom stereocenters. The molecular weight excluding hydrogens is 391 g/mol. The minimum absolute atomic E-state index is 0.0192. The number of methoxy groups -OCH3 is 3. The number of fused-ring (bicyclic) bond motifs is 1. The van der Waals surface area contributed by atoms with E-state index in [-0.39, 0.29) is 6.42 Å². The first-order chi connectivity index (χ1) is 14.4. The average Bonchev–Trinajstić information content (AvgIpc) is 2.75. The van der Waals surface area contributed by atoms with Crippen molar-refractivity contribution in [2.75, 3.05) is 33.2 Å². The number of halogens is 1. The van der Waals surface area contributed by atoms with Gasteiger partial charge in [-0.1, -0.05) is 6.07 Å². The molecule has 0 fully saturated rings.